The molecule has 1 aromatic heterocycles. The topological polar surface area (TPSA) is 39.2 Å². The number of hydrogen-bond acceptors (Lipinski definition) is 3. The number of esters is 1. The monoisotopic (exact) mass is 193 g/mol. The van der Waals surface area contributed by atoms with Crippen LogP contribution in [0.3, 0.4) is 0 Å². The summed E-state index contributed by atoms with van der Waals surface area (Å²) in [6, 6.07) is 1.97. The number of hydrogen-bond donors (Lipinski definition) is 0. The minimum Gasteiger partial charge on any atom is -0.466 e. The van der Waals surface area contributed by atoms with Crippen LogP contribution in [0.2, 0.25) is 0 Å². The van der Waals surface area contributed by atoms with Crippen molar-refractivity contribution in [3.63, 3.8) is 0 Å². The zero-order chi connectivity index (χ0) is 10.6. The van der Waals surface area contributed by atoms with E-state index in [1.165, 1.54) is 0 Å². The highest BCUT2D eigenvalue weighted by Crippen LogP contribution is 2.08. The Morgan fingerprint density at radius 2 is 2.21 bits per heavy atom. The molecule has 0 atom stereocenters. The summed E-state index contributed by atoms with van der Waals surface area (Å²) in [6.07, 6.45) is 2.11. The lowest BCUT2D eigenvalue weighted by molar-refractivity contribution is -0.142. The molecule has 0 aliphatic carbocycles. The van der Waals surface area contributed by atoms with Crippen LogP contribution in [-0.2, 0) is 16.0 Å². The summed E-state index contributed by atoms with van der Waals surface area (Å²) in [5.74, 6) is -0.192. The molecule has 0 amide bonds. The summed E-state index contributed by atoms with van der Waals surface area (Å²) in [5, 5.41) is 0. The van der Waals surface area contributed by atoms with Crippen LogP contribution in [0.1, 0.15) is 23.7 Å². The predicted molar refractivity (Wildman–Crippen MR) is 54.0 cm³/mol. The summed E-state index contributed by atoms with van der Waals surface area (Å²) in [6.45, 7) is 6.09. The lowest BCUT2D eigenvalue weighted by Gasteiger charge is -2.05. The van der Waals surface area contributed by atoms with Crippen molar-refractivity contribution in [3.05, 3.63) is 29.1 Å². The average molecular weight is 193 g/mol. The first-order valence-corrected chi connectivity index (χ1v) is 4.71. The van der Waals surface area contributed by atoms with Gasteiger partial charge in [0.25, 0.3) is 0 Å². The molecule has 0 saturated carbocycles. The number of carbonyl (C=O) groups excluding carboxylic acids is 1. The number of nitrogens with zero attached hydrogens (tertiary/aromatic N) is 1. The van der Waals surface area contributed by atoms with Crippen LogP contribution in [0, 0.1) is 13.8 Å². The third-order valence-corrected chi connectivity index (χ3v) is 1.97. The van der Waals surface area contributed by atoms with E-state index in [1.807, 2.05) is 19.9 Å². The van der Waals surface area contributed by atoms with Crippen molar-refractivity contribution in [1.82, 2.24) is 4.98 Å². The minimum absolute atomic E-state index is 0.192. The maximum absolute atomic E-state index is 11.2. The molecule has 14 heavy (non-hydrogen) atoms. The van der Waals surface area contributed by atoms with Gasteiger partial charge in [-0.2, -0.15) is 0 Å². The van der Waals surface area contributed by atoms with E-state index in [9.17, 15) is 4.79 Å². The maximum Gasteiger partial charge on any atom is 0.310 e. The molecule has 3 nitrogen and oxygen atoms in total. The fourth-order valence-corrected chi connectivity index (χ4v) is 1.24. The molecule has 1 heterocycles. The van der Waals surface area contributed by atoms with Gasteiger partial charge in [0.15, 0.2) is 0 Å². The van der Waals surface area contributed by atoms with E-state index < -0.39 is 0 Å². The van der Waals surface area contributed by atoms with Crippen molar-refractivity contribution in [2.24, 2.45) is 0 Å². The quantitative estimate of drug-likeness (QED) is 0.687. The number of rotatable bonds is 3. The van der Waals surface area contributed by atoms with Crippen molar-refractivity contribution in [3.8, 4) is 0 Å². The Bertz CT molecular complexity index is 334. The molecule has 0 aliphatic heterocycles. The van der Waals surface area contributed by atoms with Crippen LogP contribution in [0.25, 0.3) is 0 Å². The highest BCUT2D eigenvalue weighted by molar-refractivity contribution is 5.72. The van der Waals surface area contributed by atoms with Crippen molar-refractivity contribution in [1.29, 1.82) is 0 Å². The van der Waals surface area contributed by atoms with Crippen LogP contribution in [-0.4, -0.2) is 17.6 Å². The molecular weight excluding hydrogens is 178 g/mol. The van der Waals surface area contributed by atoms with Gasteiger partial charge in [0.1, 0.15) is 0 Å². The van der Waals surface area contributed by atoms with Crippen LogP contribution in [0.15, 0.2) is 12.3 Å². The van der Waals surface area contributed by atoms with Gasteiger partial charge < -0.3 is 4.74 Å². The minimum atomic E-state index is -0.192. The van der Waals surface area contributed by atoms with Crippen LogP contribution in [0.5, 0.6) is 0 Å². The summed E-state index contributed by atoms with van der Waals surface area (Å²) in [7, 11) is 0. The summed E-state index contributed by atoms with van der Waals surface area (Å²) >= 11 is 0. The predicted octanol–water partition coefficient (Wildman–Crippen LogP) is 1.80. The van der Waals surface area contributed by atoms with Gasteiger partial charge in [0.05, 0.1) is 13.0 Å². The second kappa shape index (κ2) is 4.74. The number of carbonyl (C=O) groups is 1. The molecule has 0 aliphatic rings. The van der Waals surface area contributed by atoms with E-state index in [0.717, 1.165) is 16.8 Å². The van der Waals surface area contributed by atoms with Gasteiger partial charge >= 0.3 is 5.97 Å². The highest BCUT2D eigenvalue weighted by atomic mass is 16.5. The summed E-state index contributed by atoms with van der Waals surface area (Å²) < 4.78 is 4.87. The van der Waals surface area contributed by atoms with Gasteiger partial charge in [0, 0.05) is 11.9 Å². The Labute approximate surface area is 84.1 Å². The van der Waals surface area contributed by atoms with Crippen molar-refractivity contribution >= 4 is 5.97 Å². The fraction of sp³-hybridized carbons (Fsp3) is 0.455. The normalized spacial score (nSPS) is 9.93. The van der Waals surface area contributed by atoms with Gasteiger partial charge in [-0.15, -0.1) is 0 Å². The molecule has 0 saturated heterocycles. The first-order chi connectivity index (χ1) is 6.63. The van der Waals surface area contributed by atoms with Gasteiger partial charge in [-0.05, 0) is 31.9 Å². The summed E-state index contributed by atoms with van der Waals surface area (Å²) in [4.78, 5) is 15.4. The molecule has 0 bridgehead atoms. The van der Waals surface area contributed by atoms with Crippen LogP contribution >= 0.6 is 0 Å². The highest BCUT2D eigenvalue weighted by Gasteiger charge is 2.07. The number of pyridine rings is 1. The second-order valence-corrected chi connectivity index (χ2v) is 3.24. The molecule has 0 fully saturated rings. The Morgan fingerprint density at radius 3 is 2.86 bits per heavy atom. The van der Waals surface area contributed by atoms with Gasteiger partial charge in [-0.25, -0.2) is 0 Å². The van der Waals surface area contributed by atoms with Gasteiger partial charge in [-0.3, -0.25) is 9.78 Å². The lowest BCUT2D eigenvalue weighted by atomic mass is 10.1. The molecule has 1 rings (SSSR count). The number of aromatic nitrogens is 1. The molecule has 76 valence electrons. The molecule has 1 aromatic rings. The fourth-order valence-electron chi connectivity index (χ4n) is 1.24. The first kappa shape index (κ1) is 10.7. The van der Waals surface area contributed by atoms with E-state index in [4.69, 9.17) is 4.74 Å². The number of ether oxygens (including phenoxy) is 1. The molecule has 0 aromatic carbocycles. The summed E-state index contributed by atoms with van der Waals surface area (Å²) in [5.41, 5.74) is 2.90. The van der Waals surface area contributed by atoms with Crippen molar-refractivity contribution in [2.75, 3.05) is 6.61 Å². The largest absolute Gasteiger partial charge is 0.466 e. The molecule has 0 N–H and O–H groups in total. The first-order valence-electron chi connectivity index (χ1n) is 4.71. The van der Waals surface area contributed by atoms with Gasteiger partial charge in [-0.1, -0.05) is 6.07 Å². The molecule has 0 radical (unpaired) electrons. The third kappa shape index (κ3) is 2.83. The van der Waals surface area contributed by atoms with Gasteiger partial charge in [0.2, 0.25) is 0 Å². The Hall–Kier alpha value is -1.38. The van der Waals surface area contributed by atoms with E-state index in [-0.39, 0.29) is 5.97 Å². The molecule has 0 spiro atoms. The second-order valence-electron chi connectivity index (χ2n) is 3.24. The van der Waals surface area contributed by atoms with E-state index in [1.54, 1.807) is 13.1 Å². The van der Waals surface area contributed by atoms with Crippen LogP contribution < -0.4 is 0 Å². The smallest absolute Gasteiger partial charge is 0.310 e. The average Bonchev–Trinajstić information content (AvgIpc) is 2.12. The third-order valence-electron chi connectivity index (χ3n) is 1.97. The lowest BCUT2D eigenvalue weighted by Crippen LogP contribution is -2.09. The zero-order valence-corrected chi connectivity index (χ0v) is 8.83. The van der Waals surface area contributed by atoms with E-state index in [2.05, 4.69) is 4.98 Å². The van der Waals surface area contributed by atoms with E-state index >= 15 is 0 Å². The van der Waals surface area contributed by atoms with Crippen molar-refractivity contribution < 1.29 is 9.53 Å². The molecular formula is C11H15NO2. The Morgan fingerprint density at radius 1 is 1.50 bits per heavy atom. The molecule has 3 heteroatoms. The molecule has 0 unspecified atom stereocenters. The zero-order valence-electron chi connectivity index (χ0n) is 8.83. The Kier molecular flexibility index (Phi) is 3.63. The maximum atomic E-state index is 11.2. The SMILES string of the molecule is CCOC(=O)Cc1cc(C)cnc1C. The standard InChI is InChI=1S/C11H15NO2/c1-4-14-11(13)6-10-5-8(2)7-12-9(10)3/h5,7H,4,6H2,1-3H3. The van der Waals surface area contributed by atoms with Crippen LogP contribution in [0.4, 0.5) is 0 Å². The number of aryl methyl sites for hydroxylation is 2. The van der Waals surface area contributed by atoms with Crippen molar-refractivity contribution in [2.45, 2.75) is 27.2 Å². The Balaban J connectivity index is 2.75. The van der Waals surface area contributed by atoms with E-state index in [0.29, 0.717) is 13.0 Å².